The monoisotopic (exact) mass is 325 g/mol. The fourth-order valence-corrected chi connectivity index (χ4v) is 4.12. The minimum atomic E-state index is 0.245. The molecular formula is C20H20ClNO. The summed E-state index contributed by atoms with van der Waals surface area (Å²) in [7, 11) is 0. The lowest BCUT2D eigenvalue weighted by Crippen LogP contribution is -2.29. The first-order chi connectivity index (χ1) is 11.3. The molecule has 1 heterocycles. The maximum absolute atomic E-state index is 6.46. The van der Waals surface area contributed by atoms with Crippen molar-refractivity contribution in [1.82, 2.24) is 0 Å². The third kappa shape index (κ3) is 2.51. The van der Waals surface area contributed by atoms with Crippen molar-refractivity contribution >= 4 is 17.3 Å². The van der Waals surface area contributed by atoms with Crippen molar-refractivity contribution < 1.29 is 4.74 Å². The quantitative estimate of drug-likeness (QED) is 0.745. The Morgan fingerprint density at radius 3 is 2.87 bits per heavy atom. The molecular weight excluding hydrogens is 306 g/mol. The zero-order valence-electron chi connectivity index (χ0n) is 13.1. The summed E-state index contributed by atoms with van der Waals surface area (Å²) in [5.74, 6) is 1.87. The molecule has 0 fully saturated rings. The number of allylic oxidation sites excluding steroid dienone is 2. The number of halogens is 1. The predicted molar refractivity (Wildman–Crippen MR) is 95.4 cm³/mol. The summed E-state index contributed by atoms with van der Waals surface area (Å²) in [5.41, 5.74) is 3.71. The van der Waals surface area contributed by atoms with Crippen LogP contribution in [0.15, 0.2) is 54.6 Å². The highest BCUT2D eigenvalue weighted by Crippen LogP contribution is 2.51. The molecule has 23 heavy (non-hydrogen) atoms. The van der Waals surface area contributed by atoms with Gasteiger partial charge in [-0.05, 0) is 54.7 Å². The van der Waals surface area contributed by atoms with Crippen LogP contribution in [0.2, 0.25) is 5.02 Å². The van der Waals surface area contributed by atoms with Gasteiger partial charge in [-0.25, -0.2) is 0 Å². The van der Waals surface area contributed by atoms with E-state index in [4.69, 9.17) is 16.3 Å². The first-order valence-electron chi connectivity index (χ1n) is 8.22. The molecule has 0 amide bonds. The zero-order valence-corrected chi connectivity index (χ0v) is 13.9. The van der Waals surface area contributed by atoms with Crippen LogP contribution in [0.25, 0.3) is 0 Å². The molecule has 1 aliphatic carbocycles. The lowest BCUT2D eigenvalue weighted by atomic mass is 9.77. The molecule has 0 aromatic heterocycles. The Bertz CT molecular complexity index is 755. The summed E-state index contributed by atoms with van der Waals surface area (Å²) in [6.07, 6.45) is 5.71. The van der Waals surface area contributed by atoms with Crippen LogP contribution in [0.4, 0.5) is 5.69 Å². The van der Waals surface area contributed by atoms with Gasteiger partial charge in [-0.2, -0.15) is 0 Å². The van der Waals surface area contributed by atoms with Gasteiger partial charge in [0.2, 0.25) is 0 Å². The van der Waals surface area contributed by atoms with E-state index in [9.17, 15) is 0 Å². The number of hydrogen-bond donors (Lipinski definition) is 1. The van der Waals surface area contributed by atoms with Crippen LogP contribution in [0.1, 0.15) is 36.4 Å². The molecule has 2 aromatic rings. The highest BCUT2D eigenvalue weighted by Gasteiger charge is 2.38. The normalized spacial score (nSPS) is 24.7. The highest BCUT2D eigenvalue weighted by atomic mass is 35.5. The van der Waals surface area contributed by atoms with Gasteiger partial charge < -0.3 is 10.1 Å². The van der Waals surface area contributed by atoms with Crippen molar-refractivity contribution in [3.8, 4) is 5.75 Å². The van der Waals surface area contributed by atoms with Crippen molar-refractivity contribution in [3.05, 3.63) is 70.8 Å². The van der Waals surface area contributed by atoms with E-state index < -0.39 is 0 Å². The Labute approximate surface area is 142 Å². The summed E-state index contributed by atoms with van der Waals surface area (Å²) in [6, 6.07) is 14.8. The largest absolute Gasteiger partial charge is 0.494 e. The van der Waals surface area contributed by atoms with Crippen LogP contribution in [-0.2, 0) is 0 Å². The van der Waals surface area contributed by atoms with Gasteiger partial charge in [0.05, 0.1) is 12.6 Å². The summed E-state index contributed by atoms with van der Waals surface area (Å²) in [5, 5.41) is 4.55. The molecule has 1 aliphatic heterocycles. The van der Waals surface area contributed by atoms with Crippen LogP contribution in [0, 0.1) is 5.92 Å². The molecule has 0 unspecified atom stereocenters. The number of anilines is 1. The molecule has 0 saturated heterocycles. The molecule has 0 saturated carbocycles. The van der Waals surface area contributed by atoms with Crippen molar-refractivity contribution in [1.29, 1.82) is 0 Å². The van der Waals surface area contributed by atoms with Gasteiger partial charge in [0, 0.05) is 16.6 Å². The fraction of sp³-hybridized carbons (Fsp3) is 0.300. The number of fused-ring (bicyclic) bond motifs is 3. The van der Waals surface area contributed by atoms with Gasteiger partial charge in [-0.3, -0.25) is 0 Å². The van der Waals surface area contributed by atoms with Crippen LogP contribution in [-0.4, -0.2) is 6.61 Å². The molecule has 2 aromatic carbocycles. The number of benzene rings is 2. The van der Waals surface area contributed by atoms with E-state index in [0.717, 1.165) is 17.2 Å². The fourth-order valence-electron chi connectivity index (χ4n) is 3.86. The van der Waals surface area contributed by atoms with Crippen molar-refractivity contribution in [2.45, 2.75) is 25.3 Å². The van der Waals surface area contributed by atoms with E-state index in [1.165, 1.54) is 16.8 Å². The Morgan fingerprint density at radius 2 is 2.04 bits per heavy atom. The molecule has 2 nitrogen and oxygen atoms in total. The number of rotatable bonds is 3. The molecule has 0 spiro atoms. The van der Waals surface area contributed by atoms with E-state index in [2.05, 4.69) is 41.7 Å². The molecule has 4 rings (SSSR count). The smallest absolute Gasteiger partial charge is 0.119 e. The first kappa shape index (κ1) is 14.6. The average Bonchev–Trinajstić information content (AvgIpc) is 3.05. The van der Waals surface area contributed by atoms with Crippen LogP contribution < -0.4 is 10.1 Å². The number of nitrogens with one attached hydrogen (secondary N) is 1. The van der Waals surface area contributed by atoms with E-state index >= 15 is 0 Å². The van der Waals surface area contributed by atoms with Gasteiger partial charge in [0.25, 0.3) is 0 Å². The van der Waals surface area contributed by atoms with Gasteiger partial charge in [-0.1, -0.05) is 42.0 Å². The molecule has 2 aliphatic rings. The maximum Gasteiger partial charge on any atom is 0.119 e. The first-order valence-corrected chi connectivity index (χ1v) is 8.60. The van der Waals surface area contributed by atoms with Gasteiger partial charge >= 0.3 is 0 Å². The Balaban J connectivity index is 1.76. The summed E-state index contributed by atoms with van der Waals surface area (Å²) < 4.78 is 5.68. The van der Waals surface area contributed by atoms with Gasteiger partial charge in [0.1, 0.15) is 5.75 Å². The topological polar surface area (TPSA) is 21.3 Å². The molecule has 118 valence electrons. The van der Waals surface area contributed by atoms with Gasteiger partial charge in [0.15, 0.2) is 0 Å². The molecule has 0 bridgehead atoms. The second-order valence-corrected chi connectivity index (χ2v) is 6.59. The van der Waals surface area contributed by atoms with Crippen molar-refractivity contribution in [2.24, 2.45) is 5.92 Å². The lowest BCUT2D eigenvalue weighted by molar-refractivity contribution is 0.338. The molecule has 3 heteroatoms. The third-order valence-corrected chi connectivity index (χ3v) is 5.23. The van der Waals surface area contributed by atoms with E-state index in [-0.39, 0.29) is 6.04 Å². The standard InChI is InChI=1S/C20H20ClNO/c1-2-23-13-10-11-19-17(12-13)14-7-5-8-15(14)20(22-19)16-6-3-4-9-18(16)21/h3-7,9-12,14-15,20,22H,2,8H2,1H3/t14-,15+,20+/m1/s1. The Kier molecular flexibility index (Phi) is 3.78. The lowest BCUT2D eigenvalue weighted by Gasteiger charge is -2.38. The highest BCUT2D eigenvalue weighted by molar-refractivity contribution is 6.31. The third-order valence-electron chi connectivity index (χ3n) is 4.89. The van der Waals surface area contributed by atoms with Gasteiger partial charge in [-0.15, -0.1) is 0 Å². The van der Waals surface area contributed by atoms with Crippen molar-refractivity contribution in [3.63, 3.8) is 0 Å². The second kappa shape index (κ2) is 5.93. The van der Waals surface area contributed by atoms with Crippen molar-refractivity contribution in [2.75, 3.05) is 11.9 Å². The van der Waals surface area contributed by atoms with E-state index in [0.29, 0.717) is 18.4 Å². The summed E-state index contributed by atoms with van der Waals surface area (Å²) in [6.45, 7) is 2.71. The minimum Gasteiger partial charge on any atom is -0.494 e. The average molecular weight is 326 g/mol. The van der Waals surface area contributed by atoms with Crippen LogP contribution in [0.5, 0.6) is 5.75 Å². The molecule has 1 N–H and O–H groups in total. The van der Waals surface area contributed by atoms with E-state index in [1.807, 2.05) is 25.1 Å². The Hall–Kier alpha value is -1.93. The number of hydrogen-bond acceptors (Lipinski definition) is 2. The summed E-state index contributed by atoms with van der Waals surface area (Å²) >= 11 is 6.46. The zero-order chi connectivity index (χ0) is 15.8. The predicted octanol–water partition coefficient (Wildman–Crippen LogP) is 5.57. The van der Waals surface area contributed by atoms with E-state index in [1.54, 1.807) is 0 Å². The maximum atomic E-state index is 6.46. The number of ether oxygens (including phenoxy) is 1. The minimum absolute atomic E-state index is 0.245. The SMILES string of the molecule is CCOc1ccc2c(c1)[C@@H]1C=CC[C@@H]1[C@@H](c1ccccc1Cl)N2. The Morgan fingerprint density at radius 1 is 1.17 bits per heavy atom. The van der Waals surface area contributed by atoms with Crippen LogP contribution in [0.3, 0.4) is 0 Å². The molecule has 3 atom stereocenters. The molecule has 0 radical (unpaired) electrons. The second-order valence-electron chi connectivity index (χ2n) is 6.18. The van der Waals surface area contributed by atoms with Crippen LogP contribution >= 0.6 is 11.6 Å². The summed E-state index contributed by atoms with van der Waals surface area (Å²) in [4.78, 5) is 0.